The standard InChI is InChI=1S/C77H72N2/c1-51-25-33-61(34-26-51)78-69-39-31-53(45-57(69)49-73(3)41-15-17-43-75(73,78)5)55-29-37-65-67(47-55)63-23-13-14-24-64(63)71-66-38-30-56(48-68(66)77(72(65)71,59-19-9-7-10-20-59)60-21-11-8-12-22-60)54-32-40-70-58(46-54)50-74(4)42-16-18-44-76(74,6)79(70)62-35-27-52(2)28-36-62/h7-14,19-40,45-48H,15-18,41-44,49-50H2,1-6H3. The molecule has 3 aliphatic carbocycles. The van der Waals surface area contributed by atoms with E-state index in [-0.39, 0.29) is 21.9 Å². The van der Waals surface area contributed by atoms with Gasteiger partial charge in [0.2, 0.25) is 0 Å². The number of benzene rings is 10. The van der Waals surface area contributed by atoms with Crippen LogP contribution in [0.25, 0.3) is 54.9 Å². The molecular formula is C77H72N2. The van der Waals surface area contributed by atoms with Crippen molar-refractivity contribution in [2.45, 2.75) is 122 Å². The highest BCUT2D eigenvalue weighted by Gasteiger charge is 2.56. The van der Waals surface area contributed by atoms with Crippen LogP contribution in [0.3, 0.4) is 0 Å². The smallest absolute Gasteiger partial charge is 0.0720 e. The maximum absolute atomic E-state index is 2.74. The fraction of sp³-hybridized carbons (Fsp3) is 0.273. The minimum absolute atomic E-state index is 0.0336. The van der Waals surface area contributed by atoms with Gasteiger partial charge < -0.3 is 9.80 Å². The minimum Gasteiger partial charge on any atom is -0.335 e. The minimum atomic E-state index is -0.603. The van der Waals surface area contributed by atoms with Crippen molar-refractivity contribution in [3.63, 3.8) is 0 Å². The van der Waals surface area contributed by atoms with E-state index < -0.39 is 5.41 Å². The maximum Gasteiger partial charge on any atom is 0.0720 e. The van der Waals surface area contributed by atoms with Crippen LogP contribution in [0.5, 0.6) is 0 Å². The molecule has 0 aromatic heterocycles. The third kappa shape index (κ3) is 6.95. The summed E-state index contributed by atoms with van der Waals surface area (Å²) in [4.78, 5) is 5.47. The number of nitrogens with zero attached hydrogens (tertiary/aromatic N) is 2. The highest BCUT2D eigenvalue weighted by Crippen LogP contribution is 2.63. The van der Waals surface area contributed by atoms with Gasteiger partial charge in [-0.05, 0) is 226 Å². The number of rotatable bonds is 6. The Balaban J connectivity index is 0.922. The Kier molecular flexibility index (Phi) is 10.8. The van der Waals surface area contributed by atoms with E-state index in [4.69, 9.17) is 0 Å². The van der Waals surface area contributed by atoms with Crippen molar-refractivity contribution in [2.75, 3.05) is 9.80 Å². The zero-order chi connectivity index (χ0) is 53.5. The molecule has 2 heteroatoms. The summed E-state index contributed by atoms with van der Waals surface area (Å²) in [6.45, 7) is 14.7. The summed E-state index contributed by atoms with van der Waals surface area (Å²) in [5.74, 6) is 0. The number of anilines is 4. The molecule has 0 amide bonds. The van der Waals surface area contributed by atoms with Crippen LogP contribution in [-0.2, 0) is 18.3 Å². The van der Waals surface area contributed by atoms with Crippen LogP contribution in [0.4, 0.5) is 22.7 Å². The summed E-state index contributed by atoms with van der Waals surface area (Å²) in [5.41, 5.74) is 23.7. The van der Waals surface area contributed by atoms with Crippen molar-refractivity contribution in [3.05, 3.63) is 251 Å². The van der Waals surface area contributed by atoms with E-state index in [1.807, 2.05) is 0 Å². The Morgan fingerprint density at radius 2 is 0.810 bits per heavy atom. The highest BCUT2D eigenvalue weighted by atomic mass is 15.2. The second-order valence-corrected chi connectivity index (χ2v) is 25.8. The van der Waals surface area contributed by atoms with Crippen molar-refractivity contribution >= 4 is 44.3 Å². The first-order valence-electron chi connectivity index (χ1n) is 29.7. The molecule has 2 fully saturated rings. The molecule has 4 unspecified atom stereocenters. The number of hydrogen-bond acceptors (Lipinski definition) is 2. The van der Waals surface area contributed by atoms with Crippen LogP contribution < -0.4 is 9.80 Å². The second kappa shape index (κ2) is 17.7. The van der Waals surface area contributed by atoms with Crippen molar-refractivity contribution < 1.29 is 0 Å². The van der Waals surface area contributed by atoms with E-state index in [9.17, 15) is 0 Å². The number of aryl methyl sites for hydroxylation is 2. The molecule has 2 aliphatic heterocycles. The molecule has 0 spiro atoms. The van der Waals surface area contributed by atoms with Crippen LogP contribution in [0.1, 0.15) is 124 Å². The molecule has 0 radical (unpaired) electrons. The van der Waals surface area contributed by atoms with Gasteiger partial charge in [0.1, 0.15) is 0 Å². The van der Waals surface area contributed by atoms with E-state index in [1.165, 1.54) is 174 Å². The molecule has 2 heterocycles. The van der Waals surface area contributed by atoms with Gasteiger partial charge in [0.15, 0.2) is 0 Å². The van der Waals surface area contributed by atoms with E-state index in [1.54, 1.807) is 0 Å². The zero-order valence-electron chi connectivity index (χ0n) is 47.1. The van der Waals surface area contributed by atoms with E-state index in [0.717, 1.165) is 12.8 Å². The summed E-state index contributed by atoms with van der Waals surface area (Å²) in [6, 6.07) is 80.6. The molecule has 0 N–H and O–H groups in total. The molecule has 79 heavy (non-hydrogen) atoms. The average molecular weight is 1030 g/mol. The van der Waals surface area contributed by atoms with Crippen molar-refractivity contribution in [2.24, 2.45) is 10.8 Å². The molecule has 4 atom stereocenters. The van der Waals surface area contributed by atoms with Gasteiger partial charge in [-0.15, -0.1) is 0 Å². The first-order valence-corrected chi connectivity index (χ1v) is 29.7. The van der Waals surface area contributed by atoms with Gasteiger partial charge in [0.25, 0.3) is 0 Å². The third-order valence-corrected chi connectivity index (χ3v) is 21.4. The average Bonchev–Trinajstić information content (AvgIpc) is 3.92. The molecule has 2 nitrogen and oxygen atoms in total. The van der Waals surface area contributed by atoms with Gasteiger partial charge in [-0.25, -0.2) is 0 Å². The van der Waals surface area contributed by atoms with Gasteiger partial charge >= 0.3 is 0 Å². The molecular weight excluding hydrogens is 953 g/mol. The SMILES string of the molecule is Cc1ccc(N2c3ccc(-c4ccc5c(c4)C(c4ccccc4)(c4ccccc4)c4c-5c5ccccc5c5cc(-c6ccc7c(c6)CC6(C)CCCCC6(C)N7c6ccc(C)cc6)ccc45)cc3CC3(C)CCCCC23C)cc1. The first-order chi connectivity index (χ1) is 38.4. The lowest BCUT2D eigenvalue weighted by molar-refractivity contribution is 0.0863. The lowest BCUT2D eigenvalue weighted by Crippen LogP contribution is -2.60. The summed E-state index contributed by atoms with van der Waals surface area (Å²) in [7, 11) is 0. The topological polar surface area (TPSA) is 6.48 Å². The first kappa shape index (κ1) is 48.4. The molecule has 10 aromatic carbocycles. The molecule has 2 saturated carbocycles. The van der Waals surface area contributed by atoms with E-state index in [2.05, 4.69) is 258 Å². The van der Waals surface area contributed by atoms with Gasteiger partial charge in [-0.1, -0.05) is 196 Å². The van der Waals surface area contributed by atoms with Crippen molar-refractivity contribution in [1.82, 2.24) is 0 Å². The van der Waals surface area contributed by atoms with Gasteiger partial charge in [-0.3, -0.25) is 0 Å². The largest absolute Gasteiger partial charge is 0.335 e. The molecule has 5 aliphatic rings. The van der Waals surface area contributed by atoms with Crippen molar-refractivity contribution in [3.8, 4) is 33.4 Å². The predicted molar refractivity (Wildman–Crippen MR) is 334 cm³/mol. The molecule has 15 rings (SSSR count). The maximum atomic E-state index is 2.74. The van der Waals surface area contributed by atoms with E-state index in [0.29, 0.717) is 0 Å². The van der Waals surface area contributed by atoms with Crippen LogP contribution in [0, 0.1) is 24.7 Å². The third-order valence-electron chi connectivity index (χ3n) is 21.4. The van der Waals surface area contributed by atoms with Gasteiger partial charge in [-0.2, -0.15) is 0 Å². The molecule has 10 aromatic rings. The number of fused-ring (bicyclic) bond motifs is 12. The lowest BCUT2D eigenvalue weighted by Gasteiger charge is -2.60. The van der Waals surface area contributed by atoms with Crippen LogP contribution in [-0.4, -0.2) is 11.1 Å². The Labute approximate surface area is 468 Å². The molecule has 390 valence electrons. The van der Waals surface area contributed by atoms with Crippen LogP contribution in [0.2, 0.25) is 0 Å². The zero-order valence-corrected chi connectivity index (χ0v) is 47.1. The Morgan fingerprint density at radius 1 is 0.367 bits per heavy atom. The fourth-order valence-electron chi connectivity index (χ4n) is 16.9. The fourth-order valence-corrected chi connectivity index (χ4v) is 16.9. The van der Waals surface area contributed by atoms with Gasteiger partial charge in [0.05, 0.1) is 5.41 Å². The van der Waals surface area contributed by atoms with Crippen LogP contribution in [0.15, 0.2) is 206 Å². The van der Waals surface area contributed by atoms with Crippen molar-refractivity contribution in [1.29, 1.82) is 0 Å². The Hall–Kier alpha value is -7.68. The predicted octanol–water partition coefficient (Wildman–Crippen LogP) is 20.4. The Bertz CT molecular complexity index is 4020. The summed E-state index contributed by atoms with van der Waals surface area (Å²) >= 11 is 0. The Morgan fingerprint density at radius 3 is 1.34 bits per heavy atom. The van der Waals surface area contributed by atoms with Gasteiger partial charge in [0, 0.05) is 33.8 Å². The molecule has 0 saturated heterocycles. The monoisotopic (exact) mass is 1020 g/mol. The number of hydrogen-bond donors (Lipinski definition) is 0. The molecule has 0 bridgehead atoms. The lowest BCUT2D eigenvalue weighted by atomic mass is 9.57. The normalized spacial score (nSPS) is 23.6. The van der Waals surface area contributed by atoms with E-state index >= 15 is 0 Å². The highest BCUT2D eigenvalue weighted by molar-refractivity contribution is 6.20. The second-order valence-electron chi connectivity index (χ2n) is 25.8. The summed E-state index contributed by atoms with van der Waals surface area (Å²) in [6.07, 6.45) is 12.2. The van der Waals surface area contributed by atoms with Crippen LogP contribution >= 0.6 is 0 Å². The quantitative estimate of drug-likeness (QED) is 0.153. The summed E-state index contributed by atoms with van der Waals surface area (Å²) in [5, 5.41) is 5.22. The summed E-state index contributed by atoms with van der Waals surface area (Å²) < 4.78 is 0.